The van der Waals surface area contributed by atoms with Crippen molar-refractivity contribution >= 4 is 73.1 Å². The number of piperidine rings is 1. The second-order valence-corrected chi connectivity index (χ2v) is 10.7. The number of rotatable bonds is 4. The summed E-state index contributed by atoms with van der Waals surface area (Å²) in [6, 6.07) is 2.11. The maximum Gasteiger partial charge on any atom is 0.332 e. The number of aryl methyl sites for hydroxylation is 2. The molecule has 9 heteroatoms. The van der Waals surface area contributed by atoms with Gasteiger partial charge in [0.1, 0.15) is 0 Å². The summed E-state index contributed by atoms with van der Waals surface area (Å²) in [5.74, 6) is 0. The molecule has 2 saturated heterocycles. The van der Waals surface area contributed by atoms with Gasteiger partial charge in [-0.05, 0) is 86.7 Å². The van der Waals surface area contributed by atoms with E-state index in [2.05, 4.69) is 21.0 Å². The number of sulfonamides is 1. The minimum atomic E-state index is -3.69. The molecule has 0 saturated carbocycles. The SMILES string of the molecule is O=C(Nc1c2c(cc3c1CCC3)CCC2)NS(=O)(=O)C1CCN(C2COC2)CC1.[K]. The second kappa shape index (κ2) is 9.47. The number of fused-ring (bicyclic) bond motifs is 2. The van der Waals surface area contributed by atoms with Crippen LogP contribution in [-0.2, 0) is 40.4 Å². The van der Waals surface area contributed by atoms with Gasteiger partial charge in [-0.25, -0.2) is 17.9 Å². The zero-order chi connectivity index (χ0) is 20.0. The largest absolute Gasteiger partial charge is 0.378 e. The smallest absolute Gasteiger partial charge is 0.332 e. The fourth-order valence-corrected chi connectivity index (χ4v) is 6.61. The Morgan fingerprint density at radius 3 is 2.13 bits per heavy atom. The molecule has 0 spiro atoms. The summed E-state index contributed by atoms with van der Waals surface area (Å²) in [6.07, 6.45) is 7.28. The van der Waals surface area contributed by atoms with Crippen LogP contribution in [0.25, 0.3) is 0 Å². The fraction of sp³-hybridized carbons (Fsp3) is 0.667. The summed E-state index contributed by atoms with van der Waals surface area (Å²) in [7, 11) is -3.69. The number of ether oxygens (including phenoxy) is 1. The Labute approximate surface area is 221 Å². The van der Waals surface area contributed by atoms with Crippen LogP contribution in [-0.4, -0.2) is 108 Å². The molecule has 0 atom stereocenters. The van der Waals surface area contributed by atoms with Crippen LogP contribution in [0.1, 0.15) is 47.9 Å². The molecule has 0 unspecified atom stereocenters. The number of anilines is 1. The first-order valence-corrected chi connectivity index (χ1v) is 12.4. The minimum absolute atomic E-state index is 0. The molecule has 30 heavy (non-hydrogen) atoms. The molecule has 7 nitrogen and oxygen atoms in total. The first kappa shape index (κ1) is 23.2. The van der Waals surface area contributed by atoms with E-state index in [0.717, 1.165) is 70.5 Å². The van der Waals surface area contributed by atoms with E-state index in [9.17, 15) is 13.2 Å². The second-order valence-electron chi connectivity index (χ2n) is 8.76. The monoisotopic (exact) mass is 458 g/mol. The zero-order valence-corrected chi connectivity index (χ0v) is 21.6. The molecule has 2 aliphatic heterocycles. The van der Waals surface area contributed by atoms with Gasteiger partial charge in [0.25, 0.3) is 0 Å². The van der Waals surface area contributed by atoms with Crippen LogP contribution in [0.4, 0.5) is 10.5 Å². The average molecular weight is 459 g/mol. The van der Waals surface area contributed by atoms with E-state index in [-0.39, 0.29) is 51.4 Å². The van der Waals surface area contributed by atoms with Crippen LogP contribution in [0.15, 0.2) is 6.07 Å². The third-order valence-corrected chi connectivity index (χ3v) is 8.82. The predicted octanol–water partition coefficient (Wildman–Crippen LogP) is 1.60. The van der Waals surface area contributed by atoms with Gasteiger partial charge in [0.05, 0.1) is 24.5 Å². The third-order valence-electron chi connectivity index (χ3n) is 7.00. The first-order valence-electron chi connectivity index (χ1n) is 10.8. The first-order chi connectivity index (χ1) is 14.0. The molecule has 4 aliphatic rings. The quantitative estimate of drug-likeness (QED) is 0.669. The molecule has 0 bridgehead atoms. The number of amides is 2. The fourth-order valence-electron chi connectivity index (χ4n) is 5.30. The molecule has 2 heterocycles. The summed E-state index contributed by atoms with van der Waals surface area (Å²) < 4.78 is 33.1. The standard InChI is InChI=1S/C21H29N3O4S.K/c25-21(22-20-18-5-1-3-14(18)11-15-4-2-6-19(15)20)23-29(26,27)17-7-9-24(10-8-17)16-12-28-13-16;/h11,16-17H,1-10,12-13H2,(H2,22,23,25);. The number of nitrogens with zero attached hydrogens (tertiary/aromatic N) is 1. The van der Waals surface area contributed by atoms with Gasteiger partial charge in [0, 0.05) is 57.1 Å². The molecule has 1 aromatic rings. The topological polar surface area (TPSA) is 87.7 Å². The van der Waals surface area contributed by atoms with Crippen molar-refractivity contribution in [2.24, 2.45) is 0 Å². The Morgan fingerprint density at radius 1 is 1.00 bits per heavy atom. The van der Waals surface area contributed by atoms with Crippen molar-refractivity contribution in [3.8, 4) is 0 Å². The maximum absolute atomic E-state index is 12.8. The molecule has 2 fully saturated rings. The number of likely N-dealkylation sites (tertiary alicyclic amines) is 1. The van der Waals surface area contributed by atoms with E-state index in [4.69, 9.17) is 4.74 Å². The Balaban J connectivity index is 0.00000218. The molecular formula is C21H29KN3O4S. The van der Waals surface area contributed by atoms with Crippen LogP contribution >= 0.6 is 0 Å². The van der Waals surface area contributed by atoms with Gasteiger partial charge in [-0.1, -0.05) is 6.07 Å². The van der Waals surface area contributed by atoms with Crippen LogP contribution in [0, 0.1) is 0 Å². The molecular weight excluding hydrogens is 429 g/mol. The summed E-state index contributed by atoms with van der Waals surface area (Å²) in [4.78, 5) is 15.0. The Kier molecular flexibility index (Phi) is 7.31. The van der Waals surface area contributed by atoms with Crippen molar-refractivity contribution in [1.82, 2.24) is 9.62 Å². The van der Waals surface area contributed by atoms with E-state index in [1.165, 1.54) is 22.3 Å². The van der Waals surface area contributed by atoms with E-state index in [1.807, 2.05) is 0 Å². The van der Waals surface area contributed by atoms with Gasteiger partial charge >= 0.3 is 6.03 Å². The van der Waals surface area contributed by atoms with Crippen molar-refractivity contribution in [3.63, 3.8) is 0 Å². The van der Waals surface area contributed by atoms with Crippen LogP contribution in [0.2, 0.25) is 0 Å². The van der Waals surface area contributed by atoms with E-state index in [0.29, 0.717) is 18.9 Å². The minimum Gasteiger partial charge on any atom is -0.378 e. The third kappa shape index (κ3) is 4.55. The van der Waals surface area contributed by atoms with Crippen LogP contribution in [0.3, 0.4) is 0 Å². The number of hydrogen-bond acceptors (Lipinski definition) is 5. The zero-order valence-electron chi connectivity index (χ0n) is 17.7. The van der Waals surface area contributed by atoms with Crippen molar-refractivity contribution in [3.05, 3.63) is 28.3 Å². The number of hydrogen-bond donors (Lipinski definition) is 2. The van der Waals surface area contributed by atoms with Gasteiger partial charge in [0.15, 0.2) is 0 Å². The molecule has 0 aromatic heterocycles. The van der Waals surface area contributed by atoms with Crippen molar-refractivity contribution in [2.75, 3.05) is 31.6 Å². The van der Waals surface area contributed by atoms with Crippen LogP contribution < -0.4 is 10.0 Å². The molecule has 1 radical (unpaired) electrons. The molecule has 2 aliphatic carbocycles. The van der Waals surface area contributed by atoms with Crippen molar-refractivity contribution in [1.29, 1.82) is 0 Å². The Hall–Kier alpha value is -0.00364. The van der Waals surface area contributed by atoms with Crippen molar-refractivity contribution in [2.45, 2.75) is 62.7 Å². The van der Waals surface area contributed by atoms with Crippen molar-refractivity contribution < 1.29 is 17.9 Å². The molecule has 1 aromatic carbocycles. The Bertz CT molecular complexity index is 892. The summed E-state index contributed by atoms with van der Waals surface area (Å²) in [5, 5.41) is 2.41. The molecule has 159 valence electrons. The van der Waals surface area contributed by atoms with E-state index >= 15 is 0 Å². The number of carbonyl (C=O) groups is 1. The van der Waals surface area contributed by atoms with Gasteiger partial charge < -0.3 is 10.1 Å². The normalized spacial score (nSPS) is 22.0. The summed E-state index contributed by atoms with van der Waals surface area (Å²) >= 11 is 0. The predicted molar refractivity (Wildman–Crippen MR) is 117 cm³/mol. The average Bonchev–Trinajstić information content (AvgIpc) is 3.29. The number of carbonyl (C=O) groups excluding carboxylic acids is 1. The molecule has 5 rings (SSSR count). The Morgan fingerprint density at radius 2 is 1.60 bits per heavy atom. The van der Waals surface area contributed by atoms with Gasteiger partial charge in [-0.3, -0.25) is 4.90 Å². The molecule has 2 N–H and O–H groups in total. The number of benzene rings is 1. The van der Waals surface area contributed by atoms with Gasteiger partial charge in [0.2, 0.25) is 10.0 Å². The summed E-state index contributed by atoms with van der Waals surface area (Å²) in [6.45, 7) is 2.95. The van der Waals surface area contributed by atoms with E-state index in [1.54, 1.807) is 0 Å². The van der Waals surface area contributed by atoms with Gasteiger partial charge in [-0.2, -0.15) is 0 Å². The number of urea groups is 1. The van der Waals surface area contributed by atoms with E-state index < -0.39 is 21.3 Å². The number of nitrogens with one attached hydrogen (secondary N) is 2. The van der Waals surface area contributed by atoms with Gasteiger partial charge in [-0.15, -0.1) is 0 Å². The summed E-state index contributed by atoms with van der Waals surface area (Å²) in [5.41, 5.74) is 5.91. The molecule has 2 amide bonds. The maximum atomic E-state index is 12.8. The van der Waals surface area contributed by atoms with Crippen LogP contribution in [0.5, 0.6) is 0 Å².